The minimum atomic E-state index is -0.302. The number of amides is 1. The molecule has 1 aromatic carbocycles. The summed E-state index contributed by atoms with van der Waals surface area (Å²) < 4.78 is 0. The molecule has 6 nitrogen and oxygen atoms in total. The summed E-state index contributed by atoms with van der Waals surface area (Å²) in [5.74, 6) is -0.0177. The zero-order chi connectivity index (χ0) is 17.2. The maximum Gasteiger partial charge on any atom is 0.271 e. The number of phenolic OH excluding ortho intramolecular Hbond substituents is 1. The third kappa shape index (κ3) is 2.95. The molecular formula is C19H20N4O2. The molecule has 6 heteroatoms. The number of nitrogens with zero attached hydrogens (tertiary/aromatic N) is 3. The lowest BCUT2D eigenvalue weighted by Crippen LogP contribution is -2.34. The van der Waals surface area contributed by atoms with Gasteiger partial charge in [-0.1, -0.05) is 0 Å². The van der Waals surface area contributed by atoms with Crippen molar-refractivity contribution in [3.63, 3.8) is 0 Å². The zero-order valence-corrected chi connectivity index (χ0v) is 13.9. The third-order valence-corrected chi connectivity index (χ3v) is 4.84. The first-order chi connectivity index (χ1) is 12.2. The first kappa shape index (κ1) is 15.6. The number of aryl methyl sites for hydroxylation is 1. The number of anilines is 1. The molecule has 1 aromatic heterocycles. The molecule has 4 rings (SSSR count). The van der Waals surface area contributed by atoms with E-state index in [0.717, 1.165) is 44.3 Å². The van der Waals surface area contributed by atoms with E-state index < -0.39 is 0 Å². The minimum Gasteiger partial charge on any atom is -0.507 e. The first-order valence-corrected chi connectivity index (χ1v) is 8.60. The Balaban J connectivity index is 1.58. The van der Waals surface area contributed by atoms with Gasteiger partial charge in [-0.25, -0.2) is 5.43 Å². The highest BCUT2D eigenvalue weighted by atomic mass is 16.3. The number of pyridine rings is 1. The second kappa shape index (κ2) is 6.55. The summed E-state index contributed by atoms with van der Waals surface area (Å²) in [6, 6.07) is 5.24. The monoisotopic (exact) mass is 336 g/mol. The van der Waals surface area contributed by atoms with E-state index >= 15 is 0 Å². The number of phenols is 1. The molecular weight excluding hydrogens is 316 g/mol. The molecule has 0 aliphatic carbocycles. The lowest BCUT2D eigenvalue weighted by atomic mass is 9.89. The van der Waals surface area contributed by atoms with Gasteiger partial charge in [0.2, 0.25) is 0 Å². The largest absolute Gasteiger partial charge is 0.507 e. The first-order valence-electron chi connectivity index (χ1n) is 8.60. The van der Waals surface area contributed by atoms with Gasteiger partial charge in [0, 0.05) is 47.9 Å². The second-order valence-electron chi connectivity index (χ2n) is 6.43. The van der Waals surface area contributed by atoms with Gasteiger partial charge in [0.1, 0.15) is 5.75 Å². The van der Waals surface area contributed by atoms with Crippen molar-refractivity contribution < 1.29 is 9.90 Å². The maximum atomic E-state index is 12.0. The van der Waals surface area contributed by atoms with Crippen LogP contribution in [0.4, 0.5) is 5.69 Å². The predicted molar refractivity (Wildman–Crippen MR) is 96.3 cm³/mol. The third-order valence-electron chi connectivity index (χ3n) is 4.84. The van der Waals surface area contributed by atoms with Crippen molar-refractivity contribution in [3.05, 3.63) is 52.8 Å². The number of hydrogen-bond acceptors (Lipinski definition) is 5. The van der Waals surface area contributed by atoms with Gasteiger partial charge in [0.25, 0.3) is 5.91 Å². The van der Waals surface area contributed by atoms with E-state index in [1.807, 2.05) is 6.07 Å². The van der Waals surface area contributed by atoms with E-state index in [2.05, 4.69) is 20.4 Å². The number of hydrogen-bond donors (Lipinski definition) is 2. The van der Waals surface area contributed by atoms with Crippen molar-refractivity contribution in [2.24, 2.45) is 5.10 Å². The van der Waals surface area contributed by atoms with Crippen molar-refractivity contribution in [1.82, 2.24) is 10.4 Å². The molecule has 2 aromatic rings. The average Bonchev–Trinajstić information content (AvgIpc) is 2.66. The quantitative estimate of drug-likeness (QED) is 0.666. The van der Waals surface area contributed by atoms with Crippen LogP contribution in [0.25, 0.3) is 0 Å². The van der Waals surface area contributed by atoms with Gasteiger partial charge in [-0.05, 0) is 49.4 Å². The van der Waals surface area contributed by atoms with Crippen LogP contribution in [0.15, 0.2) is 35.7 Å². The van der Waals surface area contributed by atoms with E-state index in [1.165, 1.54) is 17.5 Å². The molecule has 0 atom stereocenters. The van der Waals surface area contributed by atoms with Crippen LogP contribution in [0.1, 0.15) is 39.9 Å². The van der Waals surface area contributed by atoms with Gasteiger partial charge in [0.15, 0.2) is 0 Å². The van der Waals surface area contributed by atoms with Gasteiger partial charge in [-0.2, -0.15) is 5.10 Å². The van der Waals surface area contributed by atoms with Gasteiger partial charge < -0.3 is 10.0 Å². The minimum absolute atomic E-state index is 0.285. The van der Waals surface area contributed by atoms with Crippen molar-refractivity contribution in [1.29, 1.82) is 0 Å². The molecule has 0 saturated carbocycles. The molecule has 25 heavy (non-hydrogen) atoms. The smallest absolute Gasteiger partial charge is 0.271 e. The summed E-state index contributed by atoms with van der Waals surface area (Å²) >= 11 is 0. The molecule has 0 spiro atoms. The van der Waals surface area contributed by atoms with Crippen molar-refractivity contribution in [3.8, 4) is 5.75 Å². The molecule has 0 bridgehead atoms. The van der Waals surface area contributed by atoms with Crippen molar-refractivity contribution in [2.75, 3.05) is 18.0 Å². The van der Waals surface area contributed by atoms with E-state index in [1.54, 1.807) is 24.5 Å². The van der Waals surface area contributed by atoms with E-state index in [9.17, 15) is 9.90 Å². The molecule has 2 N–H and O–H groups in total. The van der Waals surface area contributed by atoms with Crippen LogP contribution >= 0.6 is 0 Å². The molecule has 0 unspecified atom stereocenters. The second-order valence-corrected chi connectivity index (χ2v) is 6.43. The lowest BCUT2D eigenvalue weighted by molar-refractivity contribution is 0.0955. The summed E-state index contributed by atoms with van der Waals surface area (Å²) in [5.41, 5.74) is 7.15. The molecule has 2 aliphatic heterocycles. The topological polar surface area (TPSA) is 77.8 Å². The zero-order valence-electron chi connectivity index (χ0n) is 13.9. The van der Waals surface area contributed by atoms with Gasteiger partial charge in [-0.15, -0.1) is 0 Å². The van der Waals surface area contributed by atoms with Crippen LogP contribution in [0, 0.1) is 0 Å². The fourth-order valence-corrected chi connectivity index (χ4v) is 3.70. The van der Waals surface area contributed by atoms with Crippen LogP contribution in [-0.2, 0) is 12.8 Å². The molecule has 128 valence electrons. The average molecular weight is 336 g/mol. The standard InChI is InChI=1S/C19H20N4O2/c24-18-15(12-21-22-19(25)13-5-7-20-8-6-13)11-14-3-1-9-23-10-2-4-16(18)17(14)23/h5-8,11-12,24H,1-4,9-10H2,(H,22,25). The highest BCUT2D eigenvalue weighted by Crippen LogP contribution is 2.41. The maximum absolute atomic E-state index is 12.0. The van der Waals surface area contributed by atoms with Crippen LogP contribution in [-0.4, -0.2) is 35.3 Å². The number of aromatic nitrogens is 1. The molecule has 0 radical (unpaired) electrons. The molecule has 1 amide bonds. The number of carbonyl (C=O) groups excluding carboxylic acids is 1. The highest BCUT2D eigenvalue weighted by Gasteiger charge is 2.27. The van der Waals surface area contributed by atoms with Crippen molar-refractivity contribution in [2.45, 2.75) is 25.7 Å². The Hall–Kier alpha value is -2.89. The Morgan fingerprint density at radius 2 is 2.00 bits per heavy atom. The fourth-order valence-electron chi connectivity index (χ4n) is 3.70. The number of rotatable bonds is 3. The molecule has 3 heterocycles. The summed E-state index contributed by atoms with van der Waals surface area (Å²) in [5, 5.41) is 14.7. The normalized spacial score (nSPS) is 15.9. The molecule has 0 saturated heterocycles. The fraction of sp³-hybridized carbons (Fsp3) is 0.316. The SMILES string of the molecule is O=C(NN=Cc1cc2c3c(c1O)CCCN3CCC2)c1ccncc1. The number of aromatic hydroxyl groups is 1. The van der Waals surface area contributed by atoms with Crippen LogP contribution in [0.2, 0.25) is 0 Å². The van der Waals surface area contributed by atoms with Gasteiger partial charge in [-0.3, -0.25) is 9.78 Å². The molecule has 2 aliphatic rings. The summed E-state index contributed by atoms with van der Waals surface area (Å²) in [6.07, 6.45) is 8.73. The Labute approximate surface area is 146 Å². The Morgan fingerprint density at radius 1 is 1.24 bits per heavy atom. The van der Waals surface area contributed by atoms with Gasteiger partial charge >= 0.3 is 0 Å². The number of hydrazone groups is 1. The highest BCUT2D eigenvalue weighted by molar-refractivity contribution is 5.95. The number of nitrogens with one attached hydrogen (secondary N) is 1. The Bertz CT molecular complexity index is 831. The lowest BCUT2D eigenvalue weighted by Gasteiger charge is -2.37. The summed E-state index contributed by atoms with van der Waals surface area (Å²) in [6.45, 7) is 2.13. The van der Waals surface area contributed by atoms with E-state index in [0.29, 0.717) is 11.1 Å². The summed E-state index contributed by atoms with van der Waals surface area (Å²) in [4.78, 5) is 18.3. The van der Waals surface area contributed by atoms with Crippen LogP contribution in [0.5, 0.6) is 5.75 Å². The van der Waals surface area contributed by atoms with E-state index in [-0.39, 0.29) is 11.7 Å². The Morgan fingerprint density at radius 3 is 2.80 bits per heavy atom. The van der Waals surface area contributed by atoms with Gasteiger partial charge in [0.05, 0.1) is 6.21 Å². The summed E-state index contributed by atoms with van der Waals surface area (Å²) in [7, 11) is 0. The number of carbonyl (C=O) groups is 1. The molecule has 0 fully saturated rings. The van der Waals surface area contributed by atoms with E-state index in [4.69, 9.17) is 0 Å². The Kier molecular flexibility index (Phi) is 4.09. The van der Waals surface area contributed by atoms with Crippen LogP contribution in [0.3, 0.4) is 0 Å². The van der Waals surface area contributed by atoms with Crippen molar-refractivity contribution >= 4 is 17.8 Å². The van der Waals surface area contributed by atoms with Crippen LogP contribution < -0.4 is 10.3 Å². The predicted octanol–water partition coefficient (Wildman–Crippen LogP) is 2.25. The number of benzene rings is 1.